The summed E-state index contributed by atoms with van der Waals surface area (Å²) in [5.74, 6) is 0.227. The van der Waals surface area contributed by atoms with E-state index >= 15 is 0 Å². The number of rotatable bonds is 6. The van der Waals surface area contributed by atoms with Crippen molar-refractivity contribution in [2.75, 3.05) is 33.6 Å². The maximum absolute atomic E-state index is 11.8. The minimum atomic E-state index is -0.468. The zero-order valence-electron chi connectivity index (χ0n) is 10.7. The molecule has 0 atom stereocenters. The van der Waals surface area contributed by atoms with Crippen LogP contribution in [0.2, 0.25) is 0 Å². The number of amides is 1. The Balaban J connectivity index is 2.67. The van der Waals surface area contributed by atoms with Gasteiger partial charge in [-0.2, -0.15) is 0 Å². The molecule has 1 aromatic carbocycles. The first-order valence-electron chi connectivity index (χ1n) is 5.39. The molecule has 1 rings (SSSR count). The predicted octanol–water partition coefficient (Wildman–Crippen LogP) is 0.626. The Kier molecular flexibility index (Phi) is 5.41. The maximum Gasteiger partial charge on any atom is 0.251 e. The molecule has 0 bridgehead atoms. The number of anilines is 1. The van der Waals surface area contributed by atoms with Crippen LogP contribution in [0, 0.1) is 0 Å². The van der Waals surface area contributed by atoms with Crippen molar-refractivity contribution in [1.29, 1.82) is 0 Å². The minimum absolute atomic E-state index is 0.243. The summed E-state index contributed by atoms with van der Waals surface area (Å²) in [6.45, 7) is 0.262. The van der Waals surface area contributed by atoms with Crippen LogP contribution in [-0.2, 0) is 9.47 Å². The second-order valence-electron chi connectivity index (χ2n) is 3.57. The van der Waals surface area contributed by atoms with Crippen LogP contribution in [0.4, 0.5) is 5.69 Å². The van der Waals surface area contributed by atoms with Crippen LogP contribution in [0.1, 0.15) is 10.4 Å². The number of carbonyl (C=O) groups excluding carboxylic acids is 1. The number of nitrogen functional groups attached to an aromatic ring is 1. The molecule has 0 fully saturated rings. The standard InChI is InChI=1S/C12H18N2O4/c1-16-10-6-8(4-5-9(10)13)12(15)14-7-11(17-2)18-3/h4-6,11H,7,13H2,1-3H3,(H,14,15). The van der Waals surface area contributed by atoms with E-state index < -0.39 is 6.29 Å². The summed E-state index contributed by atoms with van der Waals surface area (Å²) in [6, 6.07) is 4.83. The number of hydrogen-bond donors (Lipinski definition) is 2. The Hall–Kier alpha value is -1.79. The number of benzene rings is 1. The smallest absolute Gasteiger partial charge is 0.251 e. The van der Waals surface area contributed by atoms with Gasteiger partial charge in [0, 0.05) is 19.8 Å². The van der Waals surface area contributed by atoms with Crippen LogP contribution in [0.15, 0.2) is 18.2 Å². The molecule has 0 aromatic heterocycles. The SMILES string of the molecule is COc1cc(C(=O)NCC(OC)OC)ccc1N. The van der Waals surface area contributed by atoms with E-state index in [2.05, 4.69) is 5.32 Å². The highest BCUT2D eigenvalue weighted by molar-refractivity contribution is 5.95. The van der Waals surface area contributed by atoms with Crippen molar-refractivity contribution in [3.05, 3.63) is 23.8 Å². The zero-order valence-corrected chi connectivity index (χ0v) is 10.7. The lowest BCUT2D eigenvalue weighted by molar-refractivity contribution is -0.0974. The number of nitrogens with one attached hydrogen (secondary N) is 1. The first-order valence-corrected chi connectivity index (χ1v) is 5.39. The highest BCUT2D eigenvalue weighted by Gasteiger charge is 2.11. The first kappa shape index (κ1) is 14.3. The lowest BCUT2D eigenvalue weighted by Crippen LogP contribution is -2.34. The average molecular weight is 254 g/mol. The lowest BCUT2D eigenvalue weighted by atomic mass is 10.2. The van der Waals surface area contributed by atoms with Gasteiger partial charge in [-0.05, 0) is 18.2 Å². The van der Waals surface area contributed by atoms with E-state index in [0.29, 0.717) is 17.0 Å². The highest BCUT2D eigenvalue weighted by atomic mass is 16.7. The van der Waals surface area contributed by atoms with Crippen molar-refractivity contribution in [3.63, 3.8) is 0 Å². The third-order valence-corrected chi connectivity index (χ3v) is 2.45. The van der Waals surface area contributed by atoms with Gasteiger partial charge in [0.2, 0.25) is 0 Å². The molecule has 0 spiro atoms. The van der Waals surface area contributed by atoms with Crippen LogP contribution in [0.25, 0.3) is 0 Å². The van der Waals surface area contributed by atoms with Crippen LogP contribution in [0.5, 0.6) is 5.75 Å². The number of methoxy groups -OCH3 is 3. The van der Waals surface area contributed by atoms with Crippen LogP contribution >= 0.6 is 0 Å². The quantitative estimate of drug-likeness (QED) is 0.574. The predicted molar refractivity (Wildman–Crippen MR) is 67.5 cm³/mol. The molecule has 6 nitrogen and oxygen atoms in total. The van der Waals surface area contributed by atoms with Gasteiger partial charge in [0.15, 0.2) is 6.29 Å². The van der Waals surface area contributed by atoms with Gasteiger partial charge in [-0.25, -0.2) is 0 Å². The van der Waals surface area contributed by atoms with E-state index in [1.165, 1.54) is 21.3 Å². The molecular weight excluding hydrogens is 236 g/mol. The van der Waals surface area contributed by atoms with Crippen molar-refractivity contribution in [2.24, 2.45) is 0 Å². The topological polar surface area (TPSA) is 82.8 Å². The summed E-state index contributed by atoms with van der Waals surface area (Å²) in [4.78, 5) is 11.8. The number of hydrogen-bond acceptors (Lipinski definition) is 5. The van der Waals surface area contributed by atoms with E-state index in [1.807, 2.05) is 0 Å². The summed E-state index contributed by atoms with van der Waals surface area (Å²) in [5, 5.41) is 2.69. The molecule has 18 heavy (non-hydrogen) atoms. The molecule has 0 aliphatic carbocycles. The monoisotopic (exact) mass is 254 g/mol. The van der Waals surface area contributed by atoms with E-state index in [4.69, 9.17) is 19.9 Å². The fourth-order valence-corrected chi connectivity index (χ4v) is 1.39. The molecule has 0 aliphatic rings. The Morgan fingerprint density at radius 3 is 2.56 bits per heavy atom. The van der Waals surface area contributed by atoms with E-state index in [9.17, 15) is 4.79 Å². The summed E-state index contributed by atoms with van der Waals surface area (Å²) < 4.78 is 15.0. The third-order valence-electron chi connectivity index (χ3n) is 2.45. The molecule has 0 unspecified atom stereocenters. The molecule has 0 aliphatic heterocycles. The van der Waals surface area contributed by atoms with Gasteiger partial charge >= 0.3 is 0 Å². The molecule has 3 N–H and O–H groups in total. The Labute approximate surface area is 106 Å². The number of ether oxygens (including phenoxy) is 3. The molecule has 0 saturated carbocycles. The van der Waals surface area contributed by atoms with Crippen molar-refractivity contribution in [2.45, 2.75) is 6.29 Å². The lowest BCUT2D eigenvalue weighted by Gasteiger charge is -2.14. The molecular formula is C12H18N2O4. The molecule has 1 aromatic rings. The highest BCUT2D eigenvalue weighted by Crippen LogP contribution is 2.21. The molecule has 0 saturated heterocycles. The van der Waals surface area contributed by atoms with Crippen LogP contribution in [-0.4, -0.2) is 40.1 Å². The van der Waals surface area contributed by atoms with Gasteiger partial charge in [-0.1, -0.05) is 0 Å². The molecule has 100 valence electrons. The Morgan fingerprint density at radius 2 is 2.00 bits per heavy atom. The van der Waals surface area contributed by atoms with Gasteiger partial charge in [-0.15, -0.1) is 0 Å². The molecule has 0 radical (unpaired) electrons. The van der Waals surface area contributed by atoms with Gasteiger partial charge in [0.1, 0.15) is 5.75 Å². The molecule has 1 amide bonds. The summed E-state index contributed by atoms with van der Waals surface area (Å²) in [6.07, 6.45) is -0.468. The van der Waals surface area contributed by atoms with Crippen molar-refractivity contribution in [1.82, 2.24) is 5.32 Å². The maximum atomic E-state index is 11.8. The summed E-state index contributed by atoms with van der Waals surface area (Å²) in [5.41, 5.74) is 6.62. The van der Waals surface area contributed by atoms with E-state index in [0.717, 1.165) is 0 Å². The van der Waals surface area contributed by atoms with Crippen LogP contribution in [0.3, 0.4) is 0 Å². The van der Waals surface area contributed by atoms with Crippen LogP contribution < -0.4 is 15.8 Å². The molecule has 6 heteroatoms. The summed E-state index contributed by atoms with van der Waals surface area (Å²) >= 11 is 0. The fraction of sp³-hybridized carbons (Fsp3) is 0.417. The third kappa shape index (κ3) is 3.61. The van der Waals surface area contributed by atoms with Crippen molar-refractivity contribution < 1.29 is 19.0 Å². The van der Waals surface area contributed by atoms with Crippen molar-refractivity contribution >= 4 is 11.6 Å². The van der Waals surface area contributed by atoms with Gasteiger partial charge in [0.05, 0.1) is 19.3 Å². The second-order valence-corrected chi connectivity index (χ2v) is 3.57. The Bertz CT molecular complexity index is 405. The van der Waals surface area contributed by atoms with Gasteiger partial charge in [0.25, 0.3) is 5.91 Å². The van der Waals surface area contributed by atoms with E-state index in [-0.39, 0.29) is 12.5 Å². The molecule has 0 heterocycles. The van der Waals surface area contributed by atoms with E-state index in [1.54, 1.807) is 18.2 Å². The zero-order chi connectivity index (χ0) is 13.5. The summed E-state index contributed by atoms with van der Waals surface area (Å²) in [7, 11) is 4.51. The second kappa shape index (κ2) is 6.83. The van der Waals surface area contributed by atoms with Crippen molar-refractivity contribution in [3.8, 4) is 5.75 Å². The van der Waals surface area contributed by atoms with Gasteiger partial charge < -0.3 is 25.3 Å². The average Bonchev–Trinajstić information content (AvgIpc) is 2.40. The first-order chi connectivity index (χ1) is 8.62. The number of nitrogens with two attached hydrogens (primary N) is 1. The Morgan fingerprint density at radius 1 is 1.33 bits per heavy atom. The largest absolute Gasteiger partial charge is 0.495 e. The fourth-order valence-electron chi connectivity index (χ4n) is 1.39. The van der Waals surface area contributed by atoms with Gasteiger partial charge in [-0.3, -0.25) is 4.79 Å². The minimum Gasteiger partial charge on any atom is -0.495 e. The number of carbonyl (C=O) groups is 1. The normalized spacial score (nSPS) is 10.4.